The molecule has 0 aliphatic rings. The number of rotatable bonds is 6. The van der Waals surface area contributed by atoms with E-state index in [9.17, 15) is 0 Å². The zero-order valence-corrected chi connectivity index (χ0v) is 11.1. The first-order valence-corrected chi connectivity index (χ1v) is 6.21. The van der Waals surface area contributed by atoms with Crippen LogP contribution in [0.2, 0.25) is 0 Å². The number of nitrogens with one attached hydrogen (secondary N) is 1. The molecule has 0 amide bonds. The number of hydrogen-bond acceptors (Lipinski definition) is 5. The van der Waals surface area contributed by atoms with Gasteiger partial charge in [-0.3, -0.25) is 0 Å². The van der Waals surface area contributed by atoms with Gasteiger partial charge in [0.2, 0.25) is 0 Å². The second-order valence-electron chi connectivity index (χ2n) is 4.34. The van der Waals surface area contributed by atoms with E-state index in [0.717, 1.165) is 30.1 Å². The van der Waals surface area contributed by atoms with E-state index in [-0.39, 0.29) is 6.04 Å². The van der Waals surface area contributed by atoms with Gasteiger partial charge in [0.25, 0.3) is 0 Å². The van der Waals surface area contributed by atoms with Gasteiger partial charge in [0, 0.05) is 18.0 Å². The number of aromatic nitrogens is 4. The van der Waals surface area contributed by atoms with Gasteiger partial charge in [-0.2, -0.15) is 4.80 Å². The van der Waals surface area contributed by atoms with Gasteiger partial charge in [-0.05, 0) is 31.2 Å². The summed E-state index contributed by atoms with van der Waals surface area (Å²) in [5.41, 5.74) is 1.16. The van der Waals surface area contributed by atoms with Crippen LogP contribution in [-0.2, 0) is 13.5 Å². The van der Waals surface area contributed by atoms with Gasteiger partial charge in [-0.25, -0.2) is 0 Å². The van der Waals surface area contributed by atoms with Crippen LogP contribution < -0.4 is 5.32 Å². The van der Waals surface area contributed by atoms with Crippen LogP contribution in [0.3, 0.4) is 0 Å². The molecule has 2 heterocycles. The molecule has 6 nitrogen and oxygen atoms in total. The van der Waals surface area contributed by atoms with Crippen LogP contribution in [0.1, 0.15) is 36.5 Å². The minimum atomic E-state index is 0.174. The Hall–Kier alpha value is -1.69. The van der Waals surface area contributed by atoms with E-state index in [1.807, 2.05) is 13.0 Å². The molecule has 18 heavy (non-hydrogen) atoms. The minimum Gasteiger partial charge on any atom is -0.469 e. The van der Waals surface area contributed by atoms with E-state index in [1.54, 1.807) is 13.3 Å². The Kier molecular flexibility index (Phi) is 4.09. The van der Waals surface area contributed by atoms with Gasteiger partial charge in [0.15, 0.2) is 5.82 Å². The number of hydrogen-bond donors (Lipinski definition) is 1. The summed E-state index contributed by atoms with van der Waals surface area (Å²) in [7, 11) is 1.77. The van der Waals surface area contributed by atoms with Crippen LogP contribution in [0.4, 0.5) is 0 Å². The van der Waals surface area contributed by atoms with E-state index in [1.165, 1.54) is 4.80 Å². The quantitative estimate of drug-likeness (QED) is 0.838. The molecule has 0 aliphatic heterocycles. The molecule has 1 N–H and O–H groups in total. The lowest BCUT2D eigenvalue weighted by Gasteiger charge is -2.16. The summed E-state index contributed by atoms with van der Waals surface area (Å²) in [4.78, 5) is 1.48. The van der Waals surface area contributed by atoms with Crippen molar-refractivity contribution in [1.82, 2.24) is 25.5 Å². The molecular formula is C12H19N5O. The van der Waals surface area contributed by atoms with Gasteiger partial charge in [-0.1, -0.05) is 6.92 Å². The highest BCUT2D eigenvalue weighted by Crippen LogP contribution is 2.21. The fourth-order valence-corrected chi connectivity index (χ4v) is 1.95. The van der Waals surface area contributed by atoms with E-state index in [0.29, 0.717) is 6.42 Å². The summed E-state index contributed by atoms with van der Waals surface area (Å²) in [6.45, 7) is 5.07. The van der Waals surface area contributed by atoms with Crippen LogP contribution in [0.25, 0.3) is 0 Å². The second kappa shape index (κ2) is 5.77. The van der Waals surface area contributed by atoms with Gasteiger partial charge >= 0.3 is 0 Å². The molecule has 2 aromatic rings. The predicted octanol–water partition coefficient (Wildman–Crippen LogP) is 1.39. The summed E-state index contributed by atoms with van der Waals surface area (Å²) in [6.07, 6.45) is 3.52. The Bertz CT molecular complexity index is 490. The first kappa shape index (κ1) is 12.8. The molecule has 0 radical (unpaired) electrons. The van der Waals surface area contributed by atoms with Crippen molar-refractivity contribution in [2.24, 2.45) is 7.05 Å². The number of nitrogens with zero attached hydrogens (tertiary/aromatic N) is 4. The summed E-state index contributed by atoms with van der Waals surface area (Å²) in [5, 5.41) is 15.6. The summed E-state index contributed by atoms with van der Waals surface area (Å²) < 4.78 is 5.37. The standard InChI is InChI=1S/C12H19N5O/c1-4-6-13-11(10-5-7-18-9(10)2)8-12-14-16-17(3)15-12/h5,7,11,13H,4,6,8H2,1-3H3. The van der Waals surface area contributed by atoms with E-state index in [2.05, 4.69) is 27.7 Å². The number of tetrazole rings is 1. The molecule has 6 heteroatoms. The maximum atomic E-state index is 5.37. The van der Waals surface area contributed by atoms with Crippen LogP contribution in [0.5, 0.6) is 0 Å². The summed E-state index contributed by atoms with van der Waals surface area (Å²) >= 11 is 0. The molecule has 0 spiro atoms. The van der Waals surface area contributed by atoms with Crippen molar-refractivity contribution < 1.29 is 4.42 Å². The fourth-order valence-electron chi connectivity index (χ4n) is 1.95. The zero-order chi connectivity index (χ0) is 13.0. The average Bonchev–Trinajstić information content (AvgIpc) is 2.93. The second-order valence-corrected chi connectivity index (χ2v) is 4.34. The van der Waals surface area contributed by atoms with Gasteiger partial charge < -0.3 is 9.73 Å². The SMILES string of the molecule is CCCNC(Cc1nnn(C)n1)c1ccoc1C. The lowest BCUT2D eigenvalue weighted by molar-refractivity contribution is 0.488. The molecule has 2 aromatic heterocycles. The first-order valence-electron chi connectivity index (χ1n) is 6.21. The highest BCUT2D eigenvalue weighted by atomic mass is 16.3. The van der Waals surface area contributed by atoms with Crippen molar-refractivity contribution in [3.63, 3.8) is 0 Å². The lowest BCUT2D eigenvalue weighted by atomic mass is 10.0. The van der Waals surface area contributed by atoms with Crippen molar-refractivity contribution in [1.29, 1.82) is 0 Å². The maximum absolute atomic E-state index is 5.37. The fraction of sp³-hybridized carbons (Fsp3) is 0.583. The molecule has 2 rings (SSSR count). The highest BCUT2D eigenvalue weighted by molar-refractivity contribution is 5.21. The summed E-state index contributed by atoms with van der Waals surface area (Å²) in [6, 6.07) is 2.17. The van der Waals surface area contributed by atoms with Crippen molar-refractivity contribution in [2.75, 3.05) is 6.54 Å². The van der Waals surface area contributed by atoms with E-state index >= 15 is 0 Å². The zero-order valence-electron chi connectivity index (χ0n) is 11.1. The molecule has 1 unspecified atom stereocenters. The third-order valence-corrected chi connectivity index (χ3v) is 2.85. The largest absolute Gasteiger partial charge is 0.469 e. The third kappa shape index (κ3) is 2.95. The first-order chi connectivity index (χ1) is 8.70. The molecule has 0 bridgehead atoms. The summed E-state index contributed by atoms with van der Waals surface area (Å²) in [5.74, 6) is 1.68. The topological polar surface area (TPSA) is 68.8 Å². The molecule has 1 atom stereocenters. The maximum Gasteiger partial charge on any atom is 0.176 e. The number of aryl methyl sites for hydroxylation is 2. The minimum absolute atomic E-state index is 0.174. The molecule has 0 saturated carbocycles. The van der Waals surface area contributed by atoms with Gasteiger partial charge in [0.05, 0.1) is 13.3 Å². The Morgan fingerprint density at radius 2 is 2.33 bits per heavy atom. The third-order valence-electron chi connectivity index (χ3n) is 2.85. The van der Waals surface area contributed by atoms with Crippen LogP contribution in [-0.4, -0.2) is 26.8 Å². The van der Waals surface area contributed by atoms with Crippen molar-refractivity contribution in [2.45, 2.75) is 32.7 Å². The van der Waals surface area contributed by atoms with Crippen LogP contribution in [0, 0.1) is 6.92 Å². The smallest absolute Gasteiger partial charge is 0.176 e. The van der Waals surface area contributed by atoms with E-state index in [4.69, 9.17) is 4.42 Å². The van der Waals surface area contributed by atoms with Crippen molar-refractivity contribution >= 4 is 0 Å². The van der Waals surface area contributed by atoms with Gasteiger partial charge in [-0.15, -0.1) is 10.2 Å². The lowest BCUT2D eigenvalue weighted by Crippen LogP contribution is -2.24. The van der Waals surface area contributed by atoms with Crippen LogP contribution in [0.15, 0.2) is 16.7 Å². The monoisotopic (exact) mass is 249 g/mol. The Labute approximate surface area is 106 Å². The van der Waals surface area contributed by atoms with Crippen molar-refractivity contribution in [3.05, 3.63) is 29.5 Å². The molecule has 0 saturated heterocycles. The normalized spacial score (nSPS) is 12.8. The number of furan rings is 1. The van der Waals surface area contributed by atoms with Crippen LogP contribution >= 0.6 is 0 Å². The predicted molar refractivity (Wildman–Crippen MR) is 67.0 cm³/mol. The van der Waals surface area contributed by atoms with Crippen molar-refractivity contribution in [3.8, 4) is 0 Å². The van der Waals surface area contributed by atoms with Gasteiger partial charge in [0.1, 0.15) is 5.76 Å². The molecule has 0 aliphatic carbocycles. The molecule has 0 aromatic carbocycles. The van der Waals surface area contributed by atoms with E-state index < -0.39 is 0 Å². The Morgan fingerprint density at radius 3 is 2.89 bits per heavy atom. The Balaban J connectivity index is 2.12. The average molecular weight is 249 g/mol. The molecule has 98 valence electrons. The Morgan fingerprint density at radius 1 is 1.50 bits per heavy atom. The molecular weight excluding hydrogens is 230 g/mol. The molecule has 0 fully saturated rings. The highest BCUT2D eigenvalue weighted by Gasteiger charge is 2.18.